The molecule has 0 radical (unpaired) electrons. The number of rotatable bonds is 7. The van der Waals surface area contributed by atoms with Crippen LogP contribution in [0.2, 0.25) is 0 Å². The van der Waals surface area contributed by atoms with E-state index in [4.69, 9.17) is 9.47 Å². The van der Waals surface area contributed by atoms with Gasteiger partial charge in [-0.05, 0) is 23.8 Å². The SMILES string of the molecule is COc1cccc(CNC(C)C)c1OCc1ccc(F)cc1. The predicted molar refractivity (Wildman–Crippen MR) is 85.7 cm³/mol. The van der Waals surface area contributed by atoms with E-state index in [0.717, 1.165) is 16.9 Å². The molecule has 0 aliphatic carbocycles. The maximum Gasteiger partial charge on any atom is 0.166 e. The topological polar surface area (TPSA) is 30.5 Å². The lowest BCUT2D eigenvalue weighted by atomic mass is 10.1. The lowest BCUT2D eigenvalue weighted by Gasteiger charge is -2.16. The fourth-order valence-electron chi connectivity index (χ4n) is 2.08. The lowest BCUT2D eigenvalue weighted by Crippen LogP contribution is -2.22. The highest BCUT2D eigenvalue weighted by Crippen LogP contribution is 2.31. The summed E-state index contributed by atoms with van der Waals surface area (Å²) in [5.74, 6) is 1.18. The molecule has 22 heavy (non-hydrogen) atoms. The summed E-state index contributed by atoms with van der Waals surface area (Å²) in [6.45, 7) is 5.27. The average Bonchev–Trinajstić information content (AvgIpc) is 2.52. The van der Waals surface area contributed by atoms with Crippen LogP contribution in [-0.4, -0.2) is 13.2 Å². The lowest BCUT2D eigenvalue weighted by molar-refractivity contribution is 0.280. The van der Waals surface area contributed by atoms with Crippen LogP contribution in [0.25, 0.3) is 0 Å². The van der Waals surface area contributed by atoms with Crippen molar-refractivity contribution in [2.24, 2.45) is 0 Å². The van der Waals surface area contributed by atoms with Gasteiger partial charge >= 0.3 is 0 Å². The summed E-state index contributed by atoms with van der Waals surface area (Å²) in [7, 11) is 1.62. The molecule has 0 atom stereocenters. The third kappa shape index (κ3) is 4.46. The largest absolute Gasteiger partial charge is 0.493 e. The van der Waals surface area contributed by atoms with E-state index in [0.29, 0.717) is 24.9 Å². The third-order valence-electron chi connectivity index (χ3n) is 3.28. The molecule has 2 rings (SSSR count). The molecule has 0 amide bonds. The highest BCUT2D eigenvalue weighted by molar-refractivity contribution is 5.46. The van der Waals surface area contributed by atoms with Gasteiger partial charge in [-0.2, -0.15) is 0 Å². The normalized spacial score (nSPS) is 10.8. The minimum absolute atomic E-state index is 0.247. The Balaban J connectivity index is 2.14. The van der Waals surface area contributed by atoms with Crippen molar-refractivity contribution in [1.29, 1.82) is 0 Å². The monoisotopic (exact) mass is 303 g/mol. The van der Waals surface area contributed by atoms with Gasteiger partial charge in [0.25, 0.3) is 0 Å². The number of nitrogens with one attached hydrogen (secondary N) is 1. The van der Waals surface area contributed by atoms with Gasteiger partial charge < -0.3 is 14.8 Å². The number of methoxy groups -OCH3 is 1. The molecule has 0 aliphatic rings. The first-order chi connectivity index (χ1) is 10.6. The highest BCUT2D eigenvalue weighted by atomic mass is 19.1. The van der Waals surface area contributed by atoms with Crippen LogP contribution in [0.1, 0.15) is 25.0 Å². The Bertz CT molecular complexity index is 597. The zero-order chi connectivity index (χ0) is 15.9. The molecule has 0 bridgehead atoms. The zero-order valence-corrected chi connectivity index (χ0v) is 13.2. The molecule has 4 heteroatoms. The Morgan fingerprint density at radius 2 is 1.82 bits per heavy atom. The average molecular weight is 303 g/mol. The van der Waals surface area contributed by atoms with E-state index in [1.54, 1.807) is 19.2 Å². The van der Waals surface area contributed by atoms with Gasteiger partial charge in [0.15, 0.2) is 11.5 Å². The van der Waals surface area contributed by atoms with Gasteiger partial charge in [0, 0.05) is 18.2 Å². The molecule has 2 aromatic carbocycles. The molecule has 3 nitrogen and oxygen atoms in total. The van der Waals surface area contributed by atoms with Gasteiger partial charge in [0.2, 0.25) is 0 Å². The third-order valence-corrected chi connectivity index (χ3v) is 3.28. The second-order valence-electron chi connectivity index (χ2n) is 5.40. The Labute approximate surface area is 131 Å². The molecule has 0 fully saturated rings. The van der Waals surface area contributed by atoms with Crippen LogP contribution < -0.4 is 14.8 Å². The van der Waals surface area contributed by atoms with Crippen LogP contribution in [0.4, 0.5) is 4.39 Å². The van der Waals surface area contributed by atoms with Gasteiger partial charge in [-0.1, -0.05) is 38.1 Å². The summed E-state index contributed by atoms with van der Waals surface area (Å²) in [6, 6.07) is 12.5. The first-order valence-corrected chi connectivity index (χ1v) is 7.36. The summed E-state index contributed by atoms with van der Waals surface area (Å²) in [4.78, 5) is 0. The van der Waals surface area contributed by atoms with E-state index in [2.05, 4.69) is 19.2 Å². The van der Waals surface area contributed by atoms with Gasteiger partial charge in [-0.15, -0.1) is 0 Å². The first-order valence-electron chi connectivity index (χ1n) is 7.36. The van der Waals surface area contributed by atoms with E-state index >= 15 is 0 Å². The number of hydrogen-bond donors (Lipinski definition) is 1. The van der Waals surface area contributed by atoms with E-state index in [1.165, 1.54) is 12.1 Å². The molecule has 2 aromatic rings. The summed E-state index contributed by atoms with van der Waals surface area (Å²) >= 11 is 0. The minimum Gasteiger partial charge on any atom is -0.493 e. The number of benzene rings is 2. The molecule has 0 heterocycles. The minimum atomic E-state index is -0.247. The van der Waals surface area contributed by atoms with Crippen molar-refractivity contribution in [3.05, 3.63) is 59.4 Å². The fourth-order valence-corrected chi connectivity index (χ4v) is 2.08. The summed E-state index contributed by atoms with van der Waals surface area (Å²) < 4.78 is 24.3. The summed E-state index contributed by atoms with van der Waals surface area (Å²) in [5, 5.41) is 3.37. The van der Waals surface area contributed by atoms with Crippen LogP contribution in [-0.2, 0) is 13.2 Å². The van der Waals surface area contributed by atoms with Crippen molar-refractivity contribution < 1.29 is 13.9 Å². The zero-order valence-electron chi connectivity index (χ0n) is 13.2. The Hall–Kier alpha value is -2.07. The van der Waals surface area contributed by atoms with Crippen LogP contribution in [0.3, 0.4) is 0 Å². The predicted octanol–water partition coefficient (Wildman–Crippen LogP) is 3.91. The van der Waals surface area contributed by atoms with E-state index < -0.39 is 0 Å². The molecule has 0 spiro atoms. The van der Waals surface area contributed by atoms with Gasteiger partial charge in [-0.3, -0.25) is 0 Å². The van der Waals surface area contributed by atoms with Crippen LogP contribution in [0.15, 0.2) is 42.5 Å². The van der Waals surface area contributed by atoms with Crippen molar-refractivity contribution in [2.45, 2.75) is 33.0 Å². The summed E-state index contributed by atoms with van der Waals surface area (Å²) in [6.07, 6.45) is 0. The molecule has 118 valence electrons. The Morgan fingerprint density at radius 1 is 1.09 bits per heavy atom. The van der Waals surface area contributed by atoms with Crippen molar-refractivity contribution in [1.82, 2.24) is 5.32 Å². The van der Waals surface area contributed by atoms with E-state index in [9.17, 15) is 4.39 Å². The van der Waals surface area contributed by atoms with E-state index in [1.807, 2.05) is 18.2 Å². The Morgan fingerprint density at radius 3 is 2.45 bits per heavy atom. The van der Waals surface area contributed by atoms with E-state index in [-0.39, 0.29) is 5.82 Å². The molecular formula is C18H22FNO2. The molecular weight excluding hydrogens is 281 g/mol. The molecule has 1 N–H and O–H groups in total. The van der Waals surface area contributed by atoms with Crippen LogP contribution >= 0.6 is 0 Å². The maximum atomic E-state index is 12.9. The van der Waals surface area contributed by atoms with Crippen LogP contribution in [0, 0.1) is 5.82 Å². The highest BCUT2D eigenvalue weighted by Gasteiger charge is 2.11. The van der Waals surface area contributed by atoms with Crippen molar-refractivity contribution in [2.75, 3.05) is 7.11 Å². The smallest absolute Gasteiger partial charge is 0.166 e. The second kappa shape index (κ2) is 7.80. The van der Waals surface area contributed by atoms with Crippen molar-refractivity contribution in [3.8, 4) is 11.5 Å². The molecule has 0 unspecified atom stereocenters. The standard InChI is InChI=1S/C18H22FNO2/c1-13(2)20-11-15-5-4-6-17(21-3)18(15)22-12-14-7-9-16(19)10-8-14/h4-10,13,20H,11-12H2,1-3H3. The Kier molecular flexibility index (Phi) is 5.78. The number of ether oxygens (including phenoxy) is 2. The second-order valence-corrected chi connectivity index (χ2v) is 5.40. The number of hydrogen-bond acceptors (Lipinski definition) is 3. The fraction of sp³-hybridized carbons (Fsp3) is 0.333. The van der Waals surface area contributed by atoms with Crippen LogP contribution in [0.5, 0.6) is 11.5 Å². The maximum absolute atomic E-state index is 12.9. The number of halogens is 1. The van der Waals surface area contributed by atoms with Gasteiger partial charge in [0.1, 0.15) is 12.4 Å². The summed E-state index contributed by atoms with van der Waals surface area (Å²) in [5.41, 5.74) is 1.95. The molecule has 0 aromatic heterocycles. The van der Waals surface area contributed by atoms with Gasteiger partial charge in [-0.25, -0.2) is 4.39 Å². The number of para-hydroxylation sites is 1. The van der Waals surface area contributed by atoms with Gasteiger partial charge in [0.05, 0.1) is 7.11 Å². The molecule has 0 aliphatic heterocycles. The molecule has 0 saturated heterocycles. The first kappa shape index (κ1) is 16.3. The quantitative estimate of drug-likeness (QED) is 0.841. The van der Waals surface area contributed by atoms with Crippen molar-refractivity contribution >= 4 is 0 Å². The van der Waals surface area contributed by atoms with Crippen molar-refractivity contribution in [3.63, 3.8) is 0 Å². The molecule has 0 saturated carbocycles.